The number of fused-ring (bicyclic) bond motifs is 1. The smallest absolute Gasteiger partial charge is 0.158 e. The number of sulfone groups is 1. The molecule has 0 aliphatic carbocycles. The summed E-state index contributed by atoms with van der Waals surface area (Å²) in [4.78, 5) is 6.70. The number of halogens is 1. The van der Waals surface area contributed by atoms with Crippen molar-refractivity contribution < 1.29 is 12.8 Å². The summed E-state index contributed by atoms with van der Waals surface area (Å²) in [6, 6.07) is 11.6. The summed E-state index contributed by atoms with van der Waals surface area (Å²) < 4.78 is 38.3. The molecule has 4 rings (SSSR count). The molecule has 6 heteroatoms. The van der Waals surface area contributed by atoms with Gasteiger partial charge in [0.1, 0.15) is 5.82 Å². The number of allylic oxidation sites excluding steroid dienone is 1. The van der Waals surface area contributed by atoms with Crippen molar-refractivity contribution in [1.29, 1.82) is 0 Å². The van der Waals surface area contributed by atoms with Crippen molar-refractivity contribution in [2.75, 3.05) is 18.0 Å². The molecule has 2 aliphatic rings. The van der Waals surface area contributed by atoms with Crippen LogP contribution in [0.4, 0.5) is 10.1 Å². The molecule has 0 spiro atoms. The maximum atomic E-state index is 13.0. The Labute approximate surface area is 165 Å². The molecule has 0 N–H and O–H groups in total. The van der Waals surface area contributed by atoms with Gasteiger partial charge in [0.25, 0.3) is 0 Å². The number of aliphatic imine (C=N–C) groups is 1. The van der Waals surface area contributed by atoms with Crippen LogP contribution in [-0.4, -0.2) is 27.7 Å². The molecule has 2 aliphatic heterocycles. The Kier molecular flexibility index (Phi) is 5.31. The van der Waals surface area contributed by atoms with Crippen molar-refractivity contribution in [3.05, 3.63) is 76.7 Å². The largest absolute Gasteiger partial charge is 0.365 e. The lowest BCUT2D eigenvalue weighted by Gasteiger charge is -2.31. The van der Waals surface area contributed by atoms with Crippen LogP contribution in [0.5, 0.6) is 0 Å². The van der Waals surface area contributed by atoms with Crippen molar-refractivity contribution >= 4 is 21.7 Å². The number of rotatable bonds is 6. The number of benzene rings is 2. The lowest BCUT2D eigenvalue weighted by Crippen LogP contribution is -2.31. The SMILES string of the molecule is O=S(=O)(Cc1ccc(F)cc1)Cc1ccc2c(c1)N(CC1=CCC=N1)CCC2. The fourth-order valence-corrected chi connectivity index (χ4v) is 5.29. The third kappa shape index (κ3) is 4.50. The molecule has 2 heterocycles. The first kappa shape index (κ1) is 18.9. The Balaban J connectivity index is 1.52. The molecule has 0 bridgehead atoms. The Morgan fingerprint density at radius 3 is 2.54 bits per heavy atom. The minimum atomic E-state index is -3.34. The van der Waals surface area contributed by atoms with Gasteiger partial charge in [-0.05, 0) is 47.7 Å². The zero-order valence-electron chi connectivity index (χ0n) is 15.6. The van der Waals surface area contributed by atoms with Gasteiger partial charge in [-0.25, -0.2) is 12.8 Å². The average Bonchev–Trinajstić information content (AvgIpc) is 3.17. The minimum absolute atomic E-state index is 0.0215. The van der Waals surface area contributed by atoms with Crippen LogP contribution < -0.4 is 4.90 Å². The van der Waals surface area contributed by atoms with Crippen LogP contribution in [-0.2, 0) is 27.8 Å². The molecule has 0 saturated heterocycles. The molecule has 0 aromatic heterocycles. The summed E-state index contributed by atoms with van der Waals surface area (Å²) >= 11 is 0. The molecule has 0 radical (unpaired) electrons. The van der Waals surface area contributed by atoms with E-state index in [1.807, 2.05) is 18.3 Å². The van der Waals surface area contributed by atoms with Gasteiger partial charge < -0.3 is 4.90 Å². The normalized spacial score (nSPS) is 16.2. The van der Waals surface area contributed by atoms with Crippen LogP contribution in [0.3, 0.4) is 0 Å². The predicted octanol–water partition coefficient (Wildman–Crippen LogP) is 4.05. The molecule has 4 nitrogen and oxygen atoms in total. The first-order valence-electron chi connectivity index (χ1n) is 9.52. The van der Waals surface area contributed by atoms with E-state index >= 15 is 0 Å². The van der Waals surface area contributed by atoms with Crippen LogP contribution in [0.2, 0.25) is 0 Å². The first-order chi connectivity index (χ1) is 13.5. The molecule has 0 atom stereocenters. The van der Waals surface area contributed by atoms with Gasteiger partial charge in [-0.3, -0.25) is 4.99 Å². The third-order valence-electron chi connectivity index (χ3n) is 5.12. The molecule has 0 fully saturated rings. The maximum Gasteiger partial charge on any atom is 0.158 e. The molecular weight excluding hydrogens is 375 g/mol. The summed E-state index contributed by atoms with van der Waals surface area (Å²) in [5.41, 5.74) is 4.84. The molecule has 0 amide bonds. The second-order valence-corrected chi connectivity index (χ2v) is 9.45. The van der Waals surface area contributed by atoms with Crippen LogP contribution in [0, 0.1) is 5.82 Å². The van der Waals surface area contributed by atoms with Gasteiger partial charge in [0.2, 0.25) is 0 Å². The molecule has 28 heavy (non-hydrogen) atoms. The van der Waals surface area contributed by atoms with Crippen molar-refractivity contribution in [3.8, 4) is 0 Å². The van der Waals surface area contributed by atoms with Crippen molar-refractivity contribution in [2.45, 2.75) is 30.8 Å². The zero-order chi connectivity index (χ0) is 19.6. The highest BCUT2D eigenvalue weighted by Crippen LogP contribution is 2.30. The summed E-state index contributed by atoms with van der Waals surface area (Å²) in [7, 11) is -3.34. The number of hydrogen-bond donors (Lipinski definition) is 0. The van der Waals surface area contributed by atoms with Crippen molar-refractivity contribution in [2.24, 2.45) is 4.99 Å². The minimum Gasteiger partial charge on any atom is -0.365 e. The highest BCUT2D eigenvalue weighted by molar-refractivity contribution is 7.89. The van der Waals surface area contributed by atoms with E-state index in [1.54, 1.807) is 0 Å². The van der Waals surface area contributed by atoms with Gasteiger partial charge in [0, 0.05) is 24.9 Å². The van der Waals surface area contributed by atoms with Gasteiger partial charge in [-0.1, -0.05) is 30.3 Å². The van der Waals surface area contributed by atoms with E-state index in [9.17, 15) is 12.8 Å². The van der Waals surface area contributed by atoms with E-state index < -0.39 is 9.84 Å². The van der Waals surface area contributed by atoms with Crippen LogP contribution in [0.25, 0.3) is 0 Å². The van der Waals surface area contributed by atoms with Crippen LogP contribution in [0.15, 0.2) is 59.2 Å². The maximum absolute atomic E-state index is 13.0. The monoisotopic (exact) mass is 398 g/mol. The second kappa shape index (κ2) is 7.87. The number of aryl methyl sites for hydroxylation is 1. The van der Waals surface area contributed by atoms with Crippen molar-refractivity contribution in [3.63, 3.8) is 0 Å². The topological polar surface area (TPSA) is 49.7 Å². The van der Waals surface area contributed by atoms with Crippen LogP contribution >= 0.6 is 0 Å². The van der Waals surface area contributed by atoms with Gasteiger partial charge >= 0.3 is 0 Å². The summed E-state index contributed by atoms with van der Waals surface area (Å²) in [6.45, 7) is 1.71. The van der Waals surface area contributed by atoms with Gasteiger partial charge in [0.05, 0.1) is 23.7 Å². The highest BCUT2D eigenvalue weighted by atomic mass is 32.2. The van der Waals surface area contributed by atoms with Crippen molar-refractivity contribution in [1.82, 2.24) is 0 Å². The van der Waals surface area contributed by atoms with Crippen LogP contribution in [0.1, 0.15) is 29.5 Å². The Morgan fingerprint density at radius 2 is 1.79 bits per heavy atom. The Morgan fingerprint density at radius 1 is 1.04 bits per heavy atom. The molecule has 2 aromatic rings. The standard InChI is InChI=1S/C22H23FN2O2S/c23-20-9-6-17(7-10-20)15-28(26,27)16-18-5-8-19-3-2-12-25(22(19)13-18)14-21-4-1-11-24-21/h4-11,13H,1-3,12,14-16H2. The van der Waals surface area contributed by atoms with Gasteiger partial charge in [-0.15, -0.1) is 0 Å². The molecule has 0 saturated carbocycles. The lowest BCUT2D eigenvalue weighted by molar-refractivity contribution is 0.594. The third-order valence-corrected chi connectivity index (χ3v) is 6.67. The number of nitrogens with zero attached hydrogens (tertiary/aromatic N) is 2. The molecular formula is C22H23FN2O2S. The number of anilines is 1. The Bertz CT molecular complexity index is 1030. The lowest BCUT2D eigenvalue weighted by atomic mass is 9.99. The predicted molar refractivity (Wildman–Crippen MR) is 111 cm³/mol. The number of hydrogen-bond acceptors (Lipinski definition) is 4. The van der Waals surface area contributed by atoms with E-state index in [2.05, 4.69) is 22.0 Å². The second-order valence-electron chi connectivity index (χ2n) is 7.39. The zero-order valence-corrected chi connectivity index (χ0v) is 16.5. The first-order valence-corrected chi connectivity index (χ1v) is 11.3. The summed E-state index contributed by atoms with van der Waals surface area (Å²) in [5.74, 6) is -0.472. The van der Waals surface area contributed by atoms with E-state index in [-0.39, 0.29) is 17.3 Å². The molecule has 146 valence electrons. The average molecular weight is 399 g/mol. The molecule has 0 unspecified atom stereocenters. The van der Waals surface area contributed by atoms with Gasteiger partial charge in [0.15, 0.2) is 9.84 Å². The highest BCUT2D eigenvalue weighted by Gasteiger charge is 2.20. The van der Waals surface area contributed by atoms with Gasteiger partial charge in [-0.2, -0.15) is 0 Å². The van der Waals surface area contributed by atoms with E-state index in [0.717, 1.165) is 49.3 Å². The quantitative estimate of drug-likeness (QED) is 0.738. The molecule has 2 aromatic carbocycles. The van der Waals surface area contributed by atoms with E-state index in [1.165, 1.54) is 29.8 Å². The summed E-state index contributed by atoms with van der Waals surface area (Å²) in [6.07, 6.45) is 7.03. The fraction of sp³-hybridized carbons (Fsp3) is 0.318. The van der Waals surface area contributed by atoms with E-state index in [0.29, 0.717) is 5.56 Å². The Hall–Kier alpha value is -2.47. The fourth-order valence-electron chi connectivity index (χ4n) is 3.80. The summed E-state index contributed by atoms with van der Waals surface area (Å²) in [5, 5.41) is 0. The van der Waals surface area contributed by atoms with E-state index in [4.69, 9.17) is 0 Å².